The van der Waals surface area contributed by atoms with Gasteiger partial charge in [-0.2, -0.15) is 0 Å². The second kappa shape index (κ2) is 6.19. The molecule has 0 atom stereocenters. The summed E-state index contributed by atoms with van der Waals surface area (Å²) < 4.78 is 0. The van der Waals surface area contributed by atoms with Crippen LogP contribution in [0, 0.1) is 6.92 Å². The summed E-state index contributed by atoms with van der Waals surface area (Å²) in [7, 11) is 0. The van der Waals surface area contributed by atoms with Gasteiger partial charge in [0.25, 0.3) is 0 Å². The van der Waals surface area contributed by atoms with Crippen molar-refractivity contribution < 1.29 is 21.7 Å². The molecule has 19 heavy (non-hydrogen) atoms. The average Bonchev–Trinajstić information content (AvgIpc) is 2.93. The van der Waals surface area contributed by atoms with Crippen LogP contribution in [0.2, 0.25) is 0 Å². The van der Waals surface area contributed by atoms with Crippen molar-refractivity contribution in [3.05, 3.63) is 77.9 Å². The second-order valence-corrected chi connectivity index (χ2v) is 4.69. The van der Waals surface area contributed by atoms with Crippen molar-refractivity contribution in [2.75, 3.05) is 0 Å². The van der Waals surface area contributed by atoms with Gasteiger partial charge in [0.05, 0.1) is 0 Å². The molecule has 0 saturated heterocycles. The molecule has 92 valence electrons. The maximum Gasteiger partial charge on any atom is 0 e. The first-order valence-electron chi connectivity index (χ1n) is 6.37. The molecule has 0 radical (unpaired) electrons. The van der Waals surface area contributed by atoms with Crippen molar-refractivity contribution >= 4 is 5.57 Å². The topological polar surface area (TPSA) is 0 Å². The van der Waals surface area contributed by atoms with Gasteiger partial charge in [0.1, 0.15) is 0 Å². The van der Waals surface area contributed by atoms with Crippen LogP contribution in [0.4, 0.5) is 0 Å². The minimum Gasteiger partial charge on any atom is -0.0801 e. The molecule has 0 N–H and O–H groups in total. The van der Waals surface area contributed by atoms with Crippen molar-refractivity contribution in [1.82, 2.24) is 0 Å². The smallest absolute Gasteiger partial charge is 0 e. The Kier molecular flexibility index (Phi) is 4.58. The fourth-order valence-electron chi connectivity index (χ4n) is 2.58. The Morgan fingerprint density at radius 2 is 1.68 bits per heavy atom. The van der Waals surface area contributed by atoms with E-state index >= 15 is 0 Å². The molecule has 1 aliphatic rings. The zero-order valence-corrected chi connectivity index (χ0v) is 12.6. The maximum atomic E-state index is 2.23. The predicted molar refractivity (Wildman–Crippen MR) is 78.3 cm³/mol. The van der Waals surface area contributed by atoms with E-state index in [-0.39, 0.29) is 21.7 Å². The van der Waals surface area contributed by atoms with Gasteiger partial charge >= 0.3 is 0 Å². The van der Waals surface area contributed by atoms with Crippen LogP contribution in [0.1, 0.15) is 17.5 Å². The summed E-state index contributed by atoms with van der Waals surface area (Å²) in [6.07, 6.45) is 7.65. The number of hydrogen-bond donors (Lipinski definition) is 0. The van der Waals surface area contributed by atoms with Crippen LogP contribution in [-0.4, -0.2) is 0 Å². The van der Waals surface area contributed by atoms with Crippen LogP contribution in [0.25, 0.3) is 16.7 Å². The van der Waals surface area contributed by atoms with E-state index in [1.54, 1.807) is 0 Å². The molecule has 0 aromatic heterocycles. The largest absolute Gasteiger partial charge is 0.0801 e. The summed E-state index contributed by atoms with van der Waals surface area (Å²) in [5, 5.41) is 0. The molecule has 1 aliphatic carbocycles. The molecule has 0 unspecified atom stereocenters. The van der Waals surface area contributed by atoms with E-state index in [0.717, 1.165) is 6.42 Å². The van der Waals surface area contributed by atoms with Crippen molar-refractivity contribution in [2.24, 2.45) is 0 Å². The minimum absolute atomic E-state index is 0. The average molecular weight is 280 g/mol. The first-order chi connectivity index (χ1) is 8.86. The Morgan fingerprint density at radius 3 is 2.37 bits per heavy atom. The second-order valence-electron chi connectivity index (χ2n) is 4.69. The molecule has 0 aliphatic heterocycles. The molecule has 1 heteroatoms. The van der Waals surface area contributed by atoms with Gasteiger partial charge in [-0.05, 0) is 41.2 Å². The van der Waals surface area contributed by atoms with Gasteiger partial charge in [0, 0.05) is 21.7 Å². The van der Waals surface area contributed by atoms with Crippen LogP contribution in [0.3, 0.4) is 0 Å². The van der Waals surface area contributed by atoms with E-state index in [4.69, 9.17) is 0 Å². The van der Waals surface area contributed by atoms with Gasteiger partial charge in [0.2, 0.25) is 0 Å². The molecule has 0 fully saturated rings. The van der Waals surface area contributed by atoms with E-state index in [9.17, 15) is 0 Å². The number of allylic oxidation sites excluding steroid dienone is 4. The Balaban J connectivity index is 0.00000133. The van der Waals surface area contributed by atoms with Crippen molar-refractivity contribution in [1.29, 1.82) is 0 Å². The van der Waals surface area contributed by atoms with Crippen LogP contribution in [0.15, 0.2) is 66.8 Å². The molecule has 0 spiro atoms. The summed E-state index contributed by atoms with van der Waals surface area (Å²) in [6.45, 7) is 2.20. The predicted octanol–water partition coefficient (Wildman–Crippen LogP) is 5.00. The quantitative estimate of drug-likeness (QED) is 0.679. The molecule has 2 aromatic rings. The SMILES string of the molecule is Cc1cccc(-c2ccccc2)c1C1=CC=CC1.[Ti]. The molecule has 3 rings (SSSR count). The zero-order chi connectivity index (χ0) is 12.4. The van der Waals surface area contributed by atoms with Crippen LogP contribution in [-0.2, 0) is 21.7 Å². The third kappa shape index (κ3) is 2.81. The van der Waals surface area contributed by atoms with Crippen molar-refractivity contribution in [3.8, 4) is 11.1 Å². The molecule has 0 nitrogen and oxygen atoms in total. The van der Waals surface area contributed by atoms with Crippen LogP contribution in [0.5, 0.6) is 0 Å². The van der Waals surface area contributed by atoms with Crippen LogP contribution < -0.4 is 0 Å². The van der Waals surface area contributed by atoms with E-state index in [1.165, 1.54) is 27.8 Å². The first kappa shape index (κ1) is 14.1. The van der Waals surface area contributed by atoms with E-state index in [2.05, 4.69) is 73.7 Å². The van der Waals surface area contributed by atoms with Gasteiger partial charge < -0.3 is 0 Å². The molecule has 0 amide bonds. The van der Waals surface area contributed by atoms with Gasteiger partial charge in [-0.25, -0.2) is 0 Å². The van der Waals surface area contributed by atoms with Crippen LogP contribution >= 0.6 is 0 Å². The number of hydrogen-bond acceptors (Lipinski definition) is 0. The Bertz CT molecular complexity index is 621. The number of rotatable bonds is 2. The van der Waals surface area contributed by atoms with Gasteiger partial charge in [0.15, 0.2) is 0 Å². The summed E-state index contributed by atoms with van der Waals surface area (Å²) in [4.78, 5) is 0. The summed E-state index contributed by atoms with van der Waals surface area (Å²) in [5.74, 6) is 0. The summed E-state index contributed by atoms with van der Waals surface area (Å²) in [6, 6.07) is 17.2. The molecular formula is C18H16Ti. The standard InChI is InChI=1S/C18H16.Ti/c1-14-8-7-13-17(15-9-3-2-4-10-15)18(14)16-11-5-6-12-16;/h2-11,13H,12H2,1H3;. The minimum atomic E-state index is 0. The fourth-order valence-corrected chi connectivity index (χ4v) is 2.58. The Hall–Kier alpha value is -1.37. The molecule has 2 aromatic carbocycles. The number of benzene rings is 2. The summed E-state index contributed by atoms with van der Waals surface area (Å²) >= 11 is 0. The third-order valence-corrected chi connectivity index (χ3v) is 3.45. The molecular weight excluding hydrogens is 264 g/mol. The normalized spacial score (nSPS) is 13.0. The molecule has 0 saturated carbocycles. The molecule has 0 bridgehead atoms. The zero-order valence-electron chi connectivity index (χ0n) is 11.1. The van der Waals surface area contributed by atoms with E-state index < -0.39 is 0 Å². The van der Waals surface area contributed by atoms with Gasteiger partial charge in [-0.3, -0.25) is 0 Å². The van der Waals surface area contributed by atoms with Gasteiger partial charge in [-0.1, -0.05) is 66.8 Å². The fraction of sp³-hybridized carbons (Fsp3) is 0.111. The van der Waals surface area contributed by atoms with E-state index in [1.807, 2.05) is 0 Å². The van der Waals surface area contributed by atoms with Gasteiger partial charge in [-0.15, -0.1) is 0 Å². The monoisotopic (exact) mass is 280 g/mol. The Labute approximate surface area is 129 Å². The molecule has 0 heterocycles. The van der Waals surface area contributed by atoms with Crippen molar-refractivity contribution in [3.63, 3.8) is 0 Å². The maximum absolute atomic E-state index is 2.23. The number of aryl methyl sites for hydroxylation is 1. The summed E-state index contributed by atoms with van der Waals surface area (Å²) in [5.41, 5.74) is 6.81. The van der Waals surface area contributed by atoms with Crippen molar-refractivity contribution in [2.45, 2.75) is 13.3 Å². The third-order valence-electron chi connectivity index (χ3n) is 3.45. The van der Waals surface area contributed by atoms with E-state index in [0.29, 0.717) is 0 Å². The Morgan fingerprint density at radius 1 is 0.895 bits per heavy atom. The first-order valence-corrected chi connectivity index (χ1v) is 6.37.